The van der Waals surface area contributed by atoms with Gasteiger partial charge in [-0.2, -0.15) is 5.10 Å². The van der Waals surface area contributed by atoms with Gasteiger partial charge in [0.05, 0.1) is 34.0 Å². The van der Waals surface area contributed by atoms with Gasteiger partial charge in [0.15, 0.2) is 4.90 Å². The monoisotopic (exact) mass is 397 g/mol. The van der Waals surface area contributed by atoms with E-state index in [2.05, 4.69) is 9.82 Å². The van der Waals surface area contributed by atoms with Crippen LogP contribution in [0.2, 0.25) is 0 Å². The number of non-ortho nitro benzene ring substituents is 1. The molecule has 0 amide bonds. The van der Waals surface area contributed by atoms with Gasteiger partial charge in [-0.1, -0.05) is 0 Å². The summed E-state index contributed by atoms with van der Waals surface area (Å²) in [4.78, 5) is 19.4. The van der Waals surface area contributed by atoms with E-state index < -0.39 is 36.1 Å². The van der Waals surface area contributed by atoms with Gasteiger partial charge in [-0.3, -0.25) is 25.0 Å². The molecule has 13 heteroatoms. The van der Waals surface area contributed by atoms with E-state index in [0.29, 0.717) is 12.7 Å². The van der Waals surface area contributed by atoms with E-state index in [1.807, 2.05) is 0 Å². The molecule has 1 unspecified atom stereocenters. The fraction of sp³-hybridized carbons (Fsp3) is 0.357. The molecule has 1 aliphatic rings. The van der Waals surface area contributed by atoms with Gasteiger partial charge in [0, 0.05) is 12.7 Å². The zero-order valence-electron chi connectivity index (χ0n) is 13.8. The van der Waals surface area contributed by atoms with Crippen molar-refractivity contribution in [2.45, 2.75) is 30.4 Å². The Morgan fingerprint density at radius 1 is 1.22 bits per heavy atom. The van der Waals surface area contributed by atoms with Gasteiger partial charge in [-0.15, -0.1) is 0 Å². The van der Waals surface area contributed by atoms with E-state index in [9.17, 15) is 28.6 Å². The maximum atomic E-state index is 12.5. The topological polar surface area (TPSA) is 160 Å². The molecule has 0 radical (unpaired) electrons. The molecule has 1 saturated heterocycles. The molecule has 2 aromatic rings. The minimum Gasteiger partial charge on any atom is -0.357 e. The number of benzene rings is 1. The molecule has 3 rings (SSSR count). The minimum atomic E-state index is -4.36. The highest BCUT2D eigenvalue weighted by Gasteiger charge is 2.29. The number of hydrogen-bond acceptors (Lipinski definition) is 8. The molecule has 1 atom stereocenters. The molecule has 0 aliphatic carbocycles. The van der Waals surface area contributed by atoms with Gasteiger partial charge >= 0.3 is 0 Å². The lowest BCUT2D eigenvalue weighted by molar-refractivity contribution is -0.396. The molecule has 1 aromatic carbocycles. The number of nitrogens with zero attached hydrogens (tertiary/aromatic N) is 4. The molecule has 144 valence electrons. The quantitative estimate of drug-likeness (QED) is 0.573. The third-order valence-corrected chi connectivity index (χ3v) is 5.37. The van der Waals surface area contributed by atoms with E-state index in [4.69, 9.17) is 4.74 Å². The zero-order chi connectivity index (χ0) is 19.6. The molecule has 0 bridgehead atoms. The lowest BCUT2D eigenvalue weighted by Gasteiger charge is -2.22. The van der Waals surface area contributed by atoms with E-state index in [-0.39, 0.29) is 11.9 Å². The van der Waals surface area contributed by atoms with Crippen LogP contribution in [0.1, 0.15) is 25.5 Å². The number of nitro groups is 2. The van der Waals surface area contributed by atoms with Crippen molar-refractivity contribution in [3.63, 3.8) is 0 Å². The van der Waals surface area contributed by atoms with Crippen molar-refractivity contribution in [3.8, 4) is 0 Å². The fourth-order valence-corrected chi connectivity index (χ4v) is 3.86. The van der Waals surface area contributed by atoms with Crippen molar-refractivity contribution in [1.82, 2.24) is 9.78 Å². The van der Waals surface area contributed by atoms with E-state index >= 15 is 0 Å². The zero-order valence-corrected chi connectivity index (χ0v) is 14.7. The molecule has 0 spiro atoms. The van der Waals surface area contributed by atoms with Crippen molar-refractivity contribution in [3.05, 3.63) is 50.8 Å². The highest BCUT2D eigenvalue weighted by Crippen LogP contribution is 2.30. The molecule has 1 aromatic heterocycles. The van der Waals surface area contributed by atoms with Crippen molar-refractivity contribution < 1.29 is 23.0 Å². The third kappa shape index (κ3) is 4.03. The van der Waals surface area contributed by atoms with Crippen LogP contribution in [-0.4, -0.2) is 34.7 Å². The summed E-state index contributed by atoms with van der Waals surface area (Å²) in [5, 5.41) is 26.0. The molecule has 12 nitrogen and oxygen atoms in total. The second-order valence-corrected chi connectivity index (χ2v) is 7.45. The number of ether oxygens (including phenoxy) is 1. The number of sulfonamides is 1. The van der Waals surface area contributed by atoms with Gasteiger partial charge in [-0.25, -0.2) is 13.1 Å². The third-order valence-electron chi connectivity index (χ3n) is 3.94. The van der Waals surface area contributed by atoms with E-state index in [0.717, 1.165) is 31.4 Å². The molecule has 27 heavy (non-hydrogen) atoms. The maximum Gasteiger partial charge on any atom is 0.296 e. The molecule has 2 heterocycles. The molecule has 0 saturated carbocycles. The summed E-state index contributed by atoms with van der Waals surface area (Å²) in [5.74, 6) is 0. The van der Waals surface area contributed by atoms with E-state index in [1.54, 1.807) is 0 Å². The van der Waals surface area contributed by atoms with Crippen LogP contribution in [0.25, 0.3) is 0 Å². The Hall–Kier alpha value is -3.06. The van der Waals surface area contributed by atoms with Crippen LogP contribution in [0.4, 0.5) is 17.1 Å². The normalized spacial score (nSPS) is 17.4. The minimum absolute atomic E-state index is 0.0943. The Morgan fingerprint density at radius 2 is 2.00 bits per heavy atom. The van der Waals surface area contributed by atoms with Crippen molar-refractivity contribution in [2.75, 3.05) is 11.3 Å². The summed E-state index contributed by atoms with van der Waals surface area (Å²) in [6.07, 6.45) is 5.02. The first-order valence-corrected chi connectivity index (χ1v) is 9.37. The fourth-order valence-electron chi connectivity index (χ4n) is 2.68. The van der Waals surface area contributed by atoms with Gasteiger partial charge in [0.2, 0.25) is 0 Å². The smallest absolute Gasteiger partial charge is 0.296 e. The average Bonchev–Trinajstić information content (AvgIpc) is 3.09. The van der Waals surface area contributed by atoms with Crippen LogP contribution in [-0.2, 0) is 14.8 Å². The number of rotatable bonds is 6. The van der Waals surface area contributed by atoms with E-state index in [1.165, 1.54) is 17.1 Å². The summed E-state index contributed by atoms with van der Waals surface area (Å²) in [5.41, 5.74) is -1.38. The highest BCUT2D eigenvalue weighted by molar-refractivity contribution is 7.92. The number of nitrogens with one attached hydrogen (secondary N) is 1. The Labute approximate surface area is 153 Å². The maximum absolute atomic E-state index is 12.5. The SMILES string of the molecule is O=[N+]([O-])c1ccc(S(=O)(=O)Nc2cnn(C3CCCCO3)c2)c([N+](=O)[O-])c1. The molecular formula is C14H15N5O7S. The predicted molar refractivity (Wildman–Crippen MR) is 91.6 cm³/mol. The van der Waals surface area contributed by atoms with Crippen LogP contribution in [0, 0.1) is 20.2 Å². The van der Waals surface area contributed by atoms with Gasteiger partial charge < -0.3 is 4.74 Å². The first-order chi connectivity index (χ1) is 12.8. The second kappa shape index (κ2) is 7.28. The van der Waals surface area contributed by atoms with Crippen molar-refractivity contribution in [2.24, 2.45) is 0 Å². The molecule has 1 fully saturated rings. The summed E-state index contributed by atoms with van der Waals surface area (Å²) >= 11 is 0. The predicted octanol–water partition coefficient (Wildman–Crippen LogP) is 2.20. The van der Waals surface area contributed by atoms with Crippen LogP contribution in [0.3, 0.4) is 0 Å². The standard InChI is InChI=1S/C14H15N5O7S/c20-18(21)11-4-5-13(12(7-11)19(22)23)27(24,25)16-10-8-15-17(9-10)14-3-1-2-6-26-14/h4-5,7-9,14,16H,1-3,6H2. The van der Waals surface area contributed by atoms with Gasteiger partial charge in [-0.05, 0) is 25.3 Å². The van der Waals surface area contributed by atoms with Gasteiger partial charge in [0.1, 0.15) is 6.23 Å². The summed E-state index contributed by atoms with van der Waals surface area (Å²) in [7, 11) is -4.36. The van der Waals surface area contributed by atoms with Gasteiger partial charge in [0.25, 0.3) is 21.4 Å². The summed E-state index contributed by atoms with van der Waals surface area (Å²) in [6.45, 7) is 0.584. The molecule has 1 aliphatic heterocycles. The lowest BCUT2D eigenvalue weighted by Crippen LogP contribution is -2.18. The van der Waals surface area contributed by atoms with Crippen molar-refractivity contribution >= 4 is 27.1 Å². The molecular weight excluding hydrogens is 382 g/mol. The summed E-state index contributed by atoms with van der Waals surface area (Å²) < 4.78 is 34.3. The molecule has 1 N–H and O–H groups in total. The number of nitro benzene ring substituents is 2. The number of hydrogen-bond donors (Lipinski definition) is 1. The Morgan fingerprint density at radius 3 is 2.63 bits per heavy atom. The van der Waals surface area contributed by atoms with Crippen LogP contribution >= 0.6 is 0 Å². The number of aromatic nitrogens is 2. The Bertz CT molecular complexity index is 981. The highest BCUT2D eigenvalue weighted by atomic mass is 32.2. The largest absolute Gasteiger partial charge is 0.357 e. The van der Waals surface area contributed by atoms with Crippen LogP contribution < -0.4 is 4.72 Å². The first kappa shape index (κ1) is 18.7. The van der Waals surface area contributed by atoms with Crippen molar-refractivity contribution in [1.29, 1.82) is 0 Å². The van der Waals surface area contributed by atoms with Crippen LogP contribution in [0.5, 0.6) is 0 Å². The van der Waals surface area contributed by atoms with Crippen LogP contribution in [0.15, 0.2) is 35.5 Å². The lowest BCUT2D eigenvalue weighted by atomic mass is 10.2. The first-order valence-electron chi connectivity index (χ1n) is 7.89. The second-order valence-electron chi connectivity index (χ2n) is 5.80. The summed E-state index contributed by atoms with van der Waals surface area (Å²) in [6, 6.07) is 2.32. The average molecular weight is 397 g/mol. The Kier molecular flexibility index (Phi) is 5.05. The Balaban J connectivity index is 1.88. The number of anilines is 1.